The minimum atomic E-state index is 0.235. The number of guanidine groups is 1. The summed E-state index contributed by atoms with van der Waals surface area (Å²) < 4.78 is 0. The Hall–Kier alpha value is -1.52. The Bertz CT molecular complexity index is 399. The van der Waals surface area contributed by atoms with Crippen molar-refractivity contribution in [2.24, 2.45) is 10.7 Å². The number of rotatable bonds is 2. The van der Waals surface area contributed by atoms with Crippen molar-refractivity contribution in [2.75, 3.05) is 6.54 Å². The van der Waals surface area contributed by atoms with Gasteiger partial charge in [0.2, 0.25) is 0 Å². The van der Waals surface area contributed by atoms with E-state index in [1.54, 1.807) is 0 Å². The van der Waals surface area contributed by atoms with Crippen molar-refractivity contribution >= 4 is 5.96 Å². The summed E-state index contributed by atoms with van der Waals surface area (Å²) in [5, 5.41) is 7.26. The first kappa shape index (κ1) is 11.0. The number of hydrogen-bond acceptors (Lipinski definition) is 4. The predicted molar refractivity (Wildman–Crippen MR) is 64.3 cm³/mol. The zero-order valence-corrected chi connectivity index (χ0v) is 10.3. The van der Waals surface area contributed by atoms with Crippen LogP contribution >= 0.6 is 0 Å². The lowest BCUT2D eigenvalue weighted by molar-refractivity contribution is 0.289. The van der Waals surface area contributed by atoms with Crippen molar-refractivity contribution in [3.05, 3.63) is 17.0 Å². The molecule has 0 bridgehead atoms. The molecule has 1 aliphatic heterocycles. The fourth-order valence-corrected chi connectivity index (χ4v) is 2.41. The number of hydrogen-bond donors (Lipinski definition) is 2. The van der Waals surface area contributed by atoms with Crippen LogP contribution in [0.4, 0.5) is 0 Å². The van der Waals surface area contributed by atoms with E-state index in [0.29, 0.717) is 12.0 Å². The number of aromatic amines is 1. The van der Waals surface area contributed by atoms with E-state index in [9.17, 15) is 0 Å². The summed E-state index contributed by atoms with van der Waals surface area (Å²) in [6, 6.07) is 0.587. The number of aryl methyl sites for hydroxylation is 2. The standard InChI is InChI=1S/C11H19N5/c1-6(2)16-9(5-13-11(16)12)10-7(3)14-15-8(10)4/h6,9H,5H2,1-4H3,(H2,12,13)(H,14,15). The molecule has 1 aromatic rings. The molecular weight excluding hydrogens is 202 g/mol. The molecule has 88 valence electrons. The first-order valence-corrected chi connectivity index (χ1v) is 5.62. The lowest BCUT2D eigenvalue weighted by Crippen LogP contribution is -2.41. The summed E-state index contributed by atoms with van der Waals surface area (Å²) in [6.07, 6.45) is 0. The Labute approximate surface area is 95.7 Å². The Kier molecular flexibility index (Phi) is 2.61. The molecule has 16 heavy (non-hydrogen) atoms. The maximum absolute atomic E-state index is 5.92. The van der Waals surface area contributed by atoms with Crippen LogP contribution in [0.1, 0.15) is 36.8 Å². The van der Waals surface area contributed by atoms with E-state index in [0.717, 1.165) is 17.9 Å². The van der Waals surface area contributed by atoms with E-state index in [2.05, 4.69) is 33.9 Å². The highest BCUT2D eigenvalue weighted by atomic mass is 15.3. The van der Waals surface area contributed by atoms with E-state index >= 15 is 0 Å². The van der Waals surface area contributed by atoms with Gasteiger partial charge < -0.3 is 10.6 Å². The number of aliphatic imine (C=N–C) groups is 1. The van der Waals surface area contributed by atoms with E-state index < -0.39 is 0 Å². The maximum atomic E-state index is 5.92. The van der Waals surface area contributed by atoms with E-state index in [1.165, 1.54) is 5.56 Å². The topological polar surface area (TPSA) is 70.3 Å². The van der Waals surface area contributed by atoms with Gasteiger partial charge in [-0.25, -0.2) is 0 Å². The molecular formula is C11H19N5. The molecule has 0 aliphatic carbocycles. The largest absolute Gasteiger partial charge is 0.370 e. The van der Waals surface area contributed by atoms with Gasteiger partial charge in [-0.15, -0.1) is 0 Å². The normalized spacial score (nSPS) is 20.7. The van der Waals surface area contributed by atoms with Crippen LogP contribution in [0, 0.1) is 13.8 Å². The molecule has 3 N–H and O–H groups in total. The van der Waals surface area contributed by atoms with Gasteiger partial charge in [0.1, 0.15) is 0 Å². The van der Waals surface area contributed by atoms with Gasteiger partial charge in [-0.3, -0.25) is 10.1 Å². The van der Waals surface area contributed by atoms with Crippen LogP contribution in [0.25, 0.3) is 0 Å². The van der Waals surface area contributed by atoms with Crippen LogP contribution in [-0.4, -0.2) is 33.6 Å². The molecule has 5 nitrogen and oxygen atoms in total. The second-order valence-electron chi connectivity index (χ2n) is 4.56. The molecule has 1 atom stereocenters. The average molecular weight is 221 g/mol. The Morgan fingerprint density at radius 1 is 1.44 bits per heavy atom. The molecule has 1 aromatic heterocycles. The Morgan fingerprint density at radius 2 is 2.12 bits per heavy atom. The Morgan fingerprint density at radius 3 is 2.62 bits per heavy atom. The van der Waals surface area contributed by atoms with Crippen molar-refractivity contribution in [1.82, 2.24) is 15.1 Å². The van der Waals surface area contributed by atoms with E-state index in [4.69, 9.17) is 5.73 Å². The highest BCUT2D eigenvalue weighted by Gasteiger charge is 2.32. The molecule has 0 saturated carbocycles. The summed E-state index contributed by atoms with van der Waals surface area (Å²) in [7, 11) is 0. The molecule has 1 aliphatic rings. The third-order valence-electron chi connectivity index (χ3n) is 3.10. The minimum Gasteiger partial charge on any atom is -0.370 e. The number of nitrogens with two attached hydrogens (primary N) is 1. The highest BCUT2D eigenvalue weighted by Crippen LogP contribution is 2.30. The first-order valence-electron chi connectivity index (χ1n) is 5.62. The van der Waals surface area contributed by atoms with Crippen LogP contribution in [0.5, 0.6) is 0 Å². The second kappa shape index (κ2) is 3.81. The van der Waals surface area contributed by atoms with Crippen molar-refractivity contribution in [3.63, 3.8) is 0 Å². The smallest absolute Gasteiger partial charge is 0.192 e. The van der Waals surface area contributed by atoms with Gasteiger partial charge in [-0.05, 0) is 27.7 Å². The zero-order chi connectivity index (χ0) is 11.9. The molecule has 5 heteroatoms. The maximum Gasteiger partial charge on any atom is 0.192 e. The number of nitrogens with zero attached hydrogens (tertiary/aromatic N) is 3. The lowest BCUT2D eigenvalue weighted by atomic mass is 10.0. The summed E-state index contributed by atoms with van der Waals surface area (Å²) in [4.78, 5) is 6.49. The van der Waals surface area contributed by atoms with Crippen molar-refractivity contribution in [2.45, 2.75) is 39.8 Å². The molecule has 0 amide bonds. The van der Waals surface area contributed by atoms with Gasteiger partial charge in [0.05, 0.1) is 18.3 Å². The van der Waals surface area contributed by atoms with Crippen LogP contribution in [0.2, 0.25) is 0 Å². The monoisotopic (exact) mass is 221 g/mol. The third kappa shape index (κ3) is 1.56. The van der Waals surface area contributed by atoms with Crippen molar-refractivity contribution in [1.29, 1.82) is 0 Å². The van der Waals surface area contributed by atoms with Crippen LogP contribution in [0.15, 0.2) is 4.99 Å². The van der Waals surface area contributed by atoms with Crippen LogP contribution in [0.3, 0.4) is 0 Å². The minimum absolute atomic E-state index is 0.235. The molecule has 1 unspecified atom stereocenters. The van der Waals surface area contributed by atoms with Gasteiger partial charge in [-0.1, -0.05) is 0 Å². The molecule has 0 saturated heterocycles. The SMILES string of the molecule is Cc1n[nH]c(C)c1C1CN=C(N)N1C(C)C. The number of aromatic nitrogens is 2. The summed E-state index contributed by atoms with van der Waals surface area (Å²) in [6.45, 7) is 9.05. The molecule has 2 rings (SSSR count). The number of nitrogens with one attached hydrogen (secondary N) is 1. The average Bonchev–Trinajstić information content (AvgIpc) is 2.70. The second-order valence-corrected chi connectivity index (χ2v) is 4.56. The van der Waals surface area contributed by atoms with Crippen LogP contribution in [-0.2, 0) is 0 Å². The zero-order valence-electron chi connectivity index (χ0n) is 10.3. The molecule has 0 spiro atoms. The first-order chi connectivity index (χ1) is 7.52. The van der Waals surface area contributed by atoms with Crippen LogP contribution < -0.4 is 5.73 Å². The van der Waals surface area contributed by atoms with E-state index in [-0.39, 0.29) is 6.04 Å². The summed E-state index contributed by atoms with van der Waals surface area (Å²) in [5.74, 6) is 0.639. The highest BCUT2D eigenvalue weighted by molar-refractivity contribution is 5.80. The summed E-state index contributed by atoms with van der Waals surface area (Å²) >= 11 is 0. The quantitative estimate of drug-likeness (QED) is 0.785. The van der Waals surface area contributed by atoms with Gasteiger partial charge in [0.15, 0.2) is 5.96 Å². The van der Waals surface area contributed by atoms with Crippen molar-refractivity contribution in [3.8, 4) is 0 Å². The van der Waals surface area contributed by atoms with Gasteiger partial charge in [0, 0.05) is 17.3 Å². The fraction of sp³-hybridized carbons (Fsp3) is 0.636. The fourth-order valence-electron chi connectivity index (χ4n) is 2.41. The van der Waals surface area contributed by atoms with Gasteiger partial charge in [0.25, 0.3) is 0 Å². The van der Waals surface area contributed by atoms with Crippen molar-refractivity contribution < 1.29 is 0 Å². The predicted octanol–water partition coefficient (Wildman–Crippen LogP) is 1.11. The summed E-state index contributed by atoms with van der Waals surface area (Å²) in [5.41, 5.74) is 9.31. The van der Waals surface area contributed by atoms with Gasteiger partial charge >= 0.3 is 0 Å². The van der Waals surface area contributed by atoms with E-state index in [1.807, 2.05) is 13.8 Å². The van der Waals surface area contributed by atoms with Gasteiger partial charge in [-0.2, -0.15) is 5.10 Å². The molecule has 0 radical (unpaired) electrons. The number of H-pyrrole nitrogens is 1. The molecule has 2 heterocycles. The molecule has 0 aromatic carbocycles. The molecule has 0 fully saturated rings. The third-order valence-corrected chi connectivity index (χ3v) is 3.10. The Balaban J connectivity index is 2.36. The lowest BCUT2D eigenvalue weighted by Gasteiger charge is -2.30.